The number of nitrogens with two attached hydrogens (primary N) is 1. The molecule has 17 heavy (non-hydrogen) atoms. The molecule has 1 aromatic carbocycles. The summed E-state index contributed by atoms with van der Waals surface area (Å²) in [6, 6.07) is 5.78. The number of nitrogens with one attached hydrogen (secondary N) is 1. The topological polar surface area (TPSA) is 92.4 Å². The van der Waals surface area contributed by atoms with E-state index in [2.05, 4.69) is 5.32 Å². The van der Waals surface area contributed by atoms with E-state index >= 15 is 0 Å². The molecule has 1 atom stereocenters. The van der Waals surface area contributed by atoms with Crippen LogP contribution in [0, 0.1) is 0 Å². The Bertz CT molecular complexity index is 423. The lowest BCUT2D eigenvalue weighted by molar-refractivity contribution is -0.138. The number of halogens is 1. The van der Waals surface area contributed by atoms with Gasteiger partial charge in [0.2, 0.25) is 5.91 Å². The number of carbonyl (C=O) groups is 2. The SMILES string of the molecule is NC(CCC(=O)Nc1ccccc1Cl)C(=O)O. The number of carboxylic acid groups (broad SMARTS) is 1. The van der Waals surface area contributed by atoms with Crippen molar-refractivity contribution in [1.82, 2.24) is 0 Å². The molecule has 0 radical (unpaired) electrons. The lowest BCUT2D eigenvalue weighted by Gasteiger charge is -2.08. The standard InChI is InChI=1S/C11H13ClN2O3/c12-7-3-1-2-4-9(7)14-10(15)6-5-8(13)11(16)17/h1-4,8H,5-6,13H2,(H,14,15)(H,16,17). The predicted molar refractivity (Wildman–Crippen MR) is 64.9 cm³/mol. The van der Waals surface area contributed by atoms with Gasteiger partial charge in [0.25, 0.3) is 0 Å². The zero-order valence-corrected chi connectivity index (χ0v) is 9.78. The van der Waals surface area contributed by atoms with E-state index in [0.717, 1.165) is 0 Å². The van der Waals surface area contributed by atoms with Gasteiger partial charge in [-0.1, -0.05) is 23.7 Å². The summed E-state index contributed by atoms with van der Waals surface area (Å²) < 4.78 is 0. The number of anilines is 1. The molecule has 0 saturated heterocycles. The summed E-state index contributed by atoms with van der Waals surface area (Å²) >= 11 is 5.85. The Kier molecular flexibility index (Phi) is 4.93. The number of hydrogen-bond donors (Lipinski definition) is 3. The van der Waals surface area contributed by atoms with Crippen LogP contribution in [0.4, 0.5) is 5.69 Å². The van der Waals surface area contributed by atoms with Gasteiger partial charge in [-0.3, -0.25) is 9.59 Å². The maximum Gasteiger partial charge on any atom is 0.320 e. The van der Waals surface area contributed by atoms with Gasteiger partial charge in [-0.05, 0) is 18.6 Å². The summed E-state index contributed by atoms with van der Waals surface area (Å²) in [7, 11) is 0. The largest absolute Gasteiger partial charge is 0.480 e. The van der Waals surface area contributed by atoms with E-state index in [-0.39, 0.29) is 18.7 Å². The number of carboxylic acids is 1. The molecule has 1 unspecified atom stereocenters. The van der Waals surface area contributed by atoms with Crippen molar-refractivity contribution in [3.8, 4) is 0 Å². The molecule has 0 spiro atoms. The summed E-state index contributed by atoms with van der Waals surface area (Å²) in [6.07, 6.45) is 0.129. The Hall–Kier alpha value is -1.59. The highest BCUT2D eigenvalue weighted by molar-refractivity contribution is 6.33. The van der Waals surface area contributed by atoms with Gasteiger partial charge in [0.1, 0.15) is 6.04 Å². The molecule has 0 aromatic heterocycles. The van der Waals surface area contributed by atoms with Gasteiger partial charge in [-0.15, -0.1) is 0 Å². The van der Waals surface area contributed by atoms with E-state index in [1.165, 1.54) is 0 Å². The first-order valence-corrected chi connectivity index (χ1v) is 5.41. The second-order valence-corrected chi connectivity index (χ2v) is 3.92. The molecule has 6 heteroatoms. The van der Waals surface area contributed by atoms with Crippen molar-refractivity contribution < 1.29 is 14.7 Å². The van der Waals surface area contributed by atoms with Crippen LogP contribution in [0.25, 0.3) is 0 Å². The summed E-state index contributed by atoms with van der Waals surface area (Å²) in [5, 5.41) is 11.6. The number of amides is 1. The van der Waals surface area contributed by atoms with Crippen molar-refractivity contribution in [1.29, 1.82) is 0 Å². The van der Waals surface area contributed by atoms with Gasteiger partial charge in [0, 0.05) is 6.42 Å². The molecule has 1 aromatic rings. The molecule has 0 saturated carbocycles. The highest BCUT2D eigenvalue weighted by atomic mass is 35.5. The zero-order valence-electron chi connectivity index (χ0n) is 9.02. The van der Waals surface area contributed by atoms with E-state index in [0.29, 0.717) is 10.7 Å². The molecular weight excluding hydrogens is 244 g/mol. The Morgan fingerprint density at radius 2 is 2.06 bits per heavy atom. The number of hydrogen-bond acceptors (Lipinski definition) is 3. The third-order valence-corrected chi connectivity index (χ3v) is 2.48. The van der Waals surface area contributed by atoms with Crippen LogP contribution < -0.4 is 11.1 Å². The van der Waals surface area contributed by atoms with Gasteiger partial charge in [-0.25, -0.2) is 0 Å². The fraction of sp³-hybridized carbons (Fsp3) is 0.273. The monoisotopic (exact) mass is 256 g/mol. The number of rotatable bonds is 5. The first-order valence-electron chi connectivity index (χ1n) is 5.03. The molecule has 0 aliphatic heterocycles. The van der Waals surface area contributed by atoms with E-state index in [4.69, 9.17) is 22.4 Å². The van der Waals surface area contributed by atoms with Gasteiger partial charge < -0.3 is 16.2 Å². The third kappa shape index (κ3) is 4.42. The normalized spacial score (nSPS) is 11.9. The van der Waals surface area contributed by atoms with Gasteiger partial charge in [-0.2, -0.15) is 0 Å². The van der Waals surface area contributed by atoms with Crippen molar-refractivity contribution in [3.05, 3.63) is 29.3 Å². The maximum absolute atomic E-state index is 11.5. The zero-order chi connectivity index (χ0) is 12.8. The molecule has 0 aliphatic carbocycles. The molecule has 4 N–H and O–H groups in total. The molecule has 0 fully saturated rings. The third-order valence-electron chi connectivity index (χ3n) is 2.15. The predicted octanol–water partition coefficient (Wildman–Crippen LogP) is 1.47. The molecule has 1 rings (SSSR count). The fourth-order valence-electron chi connectivity index (χ4n) is 1.19. The van der Waals surface area contributed by atoms with E-state index in [1.807, 2.05) is 0 Å². The van der Waals surface area contributed by atoms with Crippen molar-refractivity contribution in [2.75, 3.05) is 5.32 Å². The molecule has 5 nitrogen and oxygen atoms in total. The summed E-state index contributed by atoms with van der Waals surface area (Å²) in [5.41, 5.74) is 5.79. The fourth-order valence-corrected chi connectivity index (χ4v) is 1.37. The van der Waals surface area contributed by atoms with Crippen LogP contribution in [0.15, 0.2) is 24.3 Å². The average Bonchev–Trinajstić information content (AvgIpc) is 2.29. The Balaban J connectivity index is 2.46. The van der Waals surface area contributed by atoms with Gasteiger partial charge in [0.05, 0.1) is 10.7 Å². The number of benzene rings is 1. The summed E-state index contributed by atoms with van der Waals surface area (Å²) in [4.78, 5) is 21.9. The summed E-state index contributed by atoms with van der Waals surface area (Å²) in [5.74, 6) is -1.43. The summed E-state index contributed by atoms with van der Waals surface area (Å²) in [6.45, 7) is 0. The van der Waals surface area contributed by atoms with E-state index < -0.39 is 12.0 Å². The van der Waals surface area contributed by atoms with Gasteiger partial charge >= 0.3 is 5.97 Å². The molecule has 0 bridgehead atoms. The number of para-hydroxylation sites is 1. The van der Waals surface area contributed by atoms with Crippen LogP contribution in [-0.2, 0) is 9.59 Å². The highest BCUT2D eigenvalue weighted by Crippen LogP contribution is 2.20. The second kappa shape index (κ2) is 6.22. The molecular formula is C11H13ClN2O3. The van der Waals surface area contributed by atoms with Crippen LogP contribution in [0.3, 0.4) is 0 Å². The van der Waals surface area contributed by atoms with E-state index in [9.17, 15) is 9.59 Å². The lowest BCUT2D eigenvalue weighted by atomic mass is 10.1. The Morgan fingerprint density at radius 3 is 2.65 bits per heavy atom. The Morgan fingerprint density at radius 1 is 1.41 bits per heavy atom. The molecule has 1 amide bonds. The average molecular weight is 257 g/mol. The maximum atomic E-state index is 11.5. The number of carbonyl (C=O) groups excluding carboxylic acids is 1. The van der Waals surface area contributed by atoms with Gasteiger partial charge in [0.15, 0.2) is 0 Å². The van der Waals surface area contributed by atoms with Crippen LogP contribution in [0.5, 0.6) is 0 Å². The van der Waals surface area contributed by atoms with Crippen molar-refractivity contribution >= 4 is 29.2 Å². The first-order chi connectivity index (χ1) is 8.00. The van der Waals surface area contributed by atoms with Crippen LogP contribution in [0.1, 0.15) is 12.8 Å². The van der Waals surface area contributed by atoms with E-state index in [1.54, 1.807) is 24.3 Å². The van der Waals surface area contributed by atoms with Crippen LogP contribution in [-0.4, -0.2) is 23.0 Å². The smallest absolute Gasteiger partial charge is 0.320 e. The first kappa shape index (κ1) is 13.5. The van der Waals surface area contributed by atoms with Crippen molar-refractivity contribution in [2.24, 2.45) is 5.73 Å². The quantitative estimate of drug-likeness (QED) is 0.744. The minimum atomic E-state index is -1.12. The minimum Gasteiger partial charge on any atom is -0.480 e. The van der Waals surface area contributed by atoms with Crippen LogP contribution in [0.2, 0.25) is 5.02 Å². The molecule has 0 aliphatic rings. The molecule has 0 heterocycles. The van der Waals surface area contributed by atoms with Crippen LogP contribution >= 0.6 is 11.6 Å². The highest BCUT2D eigenvalue weighted by Gasteiger charge is 2.13. The minimum absolute atomic E-state index is 0.0404. The lowest BCUT2D eigenvalue weighted by Crippen LogP contribution is -2.31. The Labute approximate surface area is 104 Å². The molecule has 92 valence electrons. The number of aliphatic carboxylic acids is 1. The van der Waals surface area contributed by atoms with Crippen molar-refractivity contribution in [2.45, 2.75) is 18.9 Å². The second-order valence-electron chi connectivity index (χ2n) is 3.51. The van der Waals surface area contributed by atoms with Crippen molar-refractivity contribution in [3.63, 3.8) is 0 Å².